The molecule has 3 nitrogen and oxygen atoms in total. The van der Waals surface area contributed by atoms with Crippen LogP contribution in [0.1, 0.15) is 31.2 Å². The van der Waals surface area contributed by atoms with E-state index >= 15 is 0 Å². The predicted octanol–water partition coefficient (Wildman–Crippen LogP) is 3.20. The van der Waals surface area contributed by atoms with Gasteiger partial charge in [0.2, 0.25) is 0 Å². The number of benzene rings is 1. The van der Waals surface area contributed by atoms with Crippen molar-refractivity contribution in [3.8, 4) is 0 Å². The Bertz CT molecular complexity index is 576. The Morgan fingerprint density at radius 2 is 2.14 bits per heavy atom. The van der Waals surface area contributed by atoms with Gasteiger partial charge in [0.05, 0.1) is 5.52 Å². The van der Waals surface area contributed by atoms with E-state index in [1.165, 1.54) is 43.2 Å². The zero-order chi connectivity index (χ0) is 14.5. The molecule has 0 bridgehead atoms. The average molecular weight is 283 g/mol. The van der Waals surface area contributed by atoms with Crippen molar-refractivity contribution in [1.82, 2.24) is 15.2 Å². The fraction of sp³-hybridized carbons (Fsp3) is 0.500. The number of nitrogens with zero attached hydrogens (tertiary/aromatic N) is 2. The van der Waals surface area contributed by atoms with Crippen LogP contribution in [0.5, 0.6) is 0 Å². The van der Waals surface area contributed by atoms with Crippen molar-refractivity contribution in [2.75, 3.05) is 20.1 Å². The summed E-state index contributed by atoms with van der Waals surface area (Å²) in [5.74, 6) is 0. The maximum atomic E-state index is 4.51. The van der Waals surface area contributed by atoms with Gasteiger partial charge in [0.1, 0.15) is 0 Å². The number of pyridine rings is 1. The molecule has 0 radical (unpaired) electrons. The van der Waals surface area contributed by atoms with Gasteiger partial charge >= 0.3 is 0 Å². The Morgan fingerprint density at radius 1 is 1.24 bits per heavy atom. The quantitative estimate of drug-likeness (QED) is 0.854. The number of likely N-dealkylation sites (tertiary alicyclic amines) is 1. The highest BCUT2D eigenvalue weighted by molar-refractivity contribution is 5.81. The molecule has 0 aliphatic carbocycles. The lowest BCUT2D eigenvalue weighted by molar-refractivity contribution is 0.175. The Balaban J connectivity index is 1.52. The number of hydrogen-bond acceptors (Lipinski definition) is 3. The molecule has 0 spiro atoms. The highest BCUT2D eigenvalue weighted by atomic mass is 15.1. The smallest absolute Gasteiger partial charge is 0.0746 e. The molecule has 1 aromatic heterocycles. The molecule has 112 valence electrons. The van der Waals surface area contributed by atoms with E-state index in [1.54, 1.807) is 0 Å². The molecule has 1 aromatic carbocycles. The molecule has 1 unspecified atom stereocenters. The van der Waals surface area contributed by atoms with Gasteiger partial charge in [-0.15, -0.1) is 0 Å². The van der Waals surface area contributed by atoms with Crippen LogP contribution >= 0.6 is 0 Å². The molecule has 0 saturated carbocycles. The van der Waals surface area contributed by atoms with Crippen molar-refractivity contribution < 1.29 is 0 Å². The van der Waals surface area contributed by atoms with Gasteiger partial charge in [-0.05, 0) is 51.0 Å². The summed E-state index contributed by atoms with van der Waals surface area (Å²) in [4.78, 5) is 7.03. The summed E-state index contributed by atoms with van der Waals surface area (Å²) in [6.45, 7) is 3.25. The van der Waals surface area contributed by atoms with Gasteiger partial charge < -0.3 is 10.2 Å². The van der Waals surface area contributed by atoms with Crippen molar-refractivity contribution in [3.05, 3.63) is 42.1 Å². The van der Waals surface area contributed by atoms with Crippen LogP contribution in [-0.2, 0) is 6.54 Å². The molecule has 1 N–H and O–H groups in total. The molecule has 3 heteroatoms. The van der Waals surface area contributed by atoms with Crippen LogP contribution in [0, 0.1) is 0 Å². The number of para-hydroxylation sites is 1. The number of aromatic nitrogens is 1. The minimum atomic E-state index is 0.761. The first-order valence-electron chi connectivity index (χ1n) is 8.08. The van der Waals surface area contributed by atoms with Gasteiger partial charge in [0, 0.05) is 24.2 Å². The van der Waals surface area contributed by atoms with Gasteiger partial charge in [-0.1, -0.05) is 30.7 Å². The van der Waals surface area contributed by atoms with Crippen LogP contribution in [0.25, 0.3) is 10.9 Å². The van der Waals surface area contributed by atoms with E-state index in [0.29, 0.717) is 0 Å². The molecule has 1 aliphatic rings. The monoisotopic (exact) mass is 283 g/mol. The summed E-state index contributed by atoms with van der Waals surface area (Å²) in [7, 11) is 2.26. The summed E-state index contributed by atoms with van der Waals surface area (Å²) in [5, 5.41) is 4.82. The summed E-state index contributed by atoms with van der Waals surface area (Å²) < 4.78 is 0. The van der Waals surface area contributed by atoms with E-state index in [9.17, 15) is 0 Å². The van der Waals surface area contributed by atoms with Crippen LogP contribution in [0.4, 0.5) is 0 Å². The number of hydrogen-bond donors (Lipinski definition) is 1. The van der Waals surface area contributed by atoms with Crippen molar-refractivity contribution in [3.63, 3.8) is 0 Å². The largest absolute Gasteiger partial charge is 0.313 e. The maximum Gasteiger partial charge on any atom is 0.0746 e. The number of rotatable bonds is 5. The molecule has 21 heavy (non-hydrogen) atoms. The van der Waals surface area contributed by atoms with Gasteiger partial charge in [0.25, 0.3) is 0 Å². The first-order chi connectivity index (χ1) is 10.3. The molecule has 2 aromatic rings. The van der Waals surface area contributed by atoms with Crippen LogP contribution in [-0.4, -0.2) is 36.1 Å². The van der Waals surface area contributed by atoms with E-state index in [1.807, 2.05) is 12.3 Å². The van der Waals surface area contributed by atoms with Gasteiger partial charge in [0.15, 0.2) is 0 Å². The van der Waals surface area contributed by atoms with E-state index in [4.69, 9.17) is 0 Å². The fourth-order valence-electron chi connectivity index (χ4n) is 3.31. The first kappa shape index (κ1) is 14.5. The number of nitrogens with one attached hydrogen (secondary N) is 1. The third-order valence-electron chi connectivity index (χ3n) is 4.61. The second-order valence-electron chi connectivity index (χ2n) is 6.09. The van der Waals surface area contributed by atoms with E-state index in [2.05, 4.69) is 46.5 Å². The van der Waals surface area contributed by atoms with Crippen LogP contribution in [0.2, 0.25) is 0 Å². The molecule has 2 heterocycles. The second-order valence-corrected chi connectivity index (χ2v) is 6.09. The van der Waals surface area contributed by atoms with Crippen LogP contribution in [0.3, 0.4) is 0 Å². The first-order valence-corrected chi connectivity index (χ1v) is 8.08. The standard InChI is InChI=1S/C18H25N3/c1-21-13-3-2-9-17(21)10-12-19-14-16-7-4-6-15-8-5-11-20-18(15)16/h4-8,11,17,19H,2-3,9-10,12-14H2,1H3. The molecule has 0 amide bonds. The third-order valence-corrected chi connectivity index (χ3v) is 4.61. The maximum absolute atomic E-state index is 4.51. The highest BCUT2D eigenvalue weighted by Gasteiger charge is 2.17. The molecule has 1 aliphatic heterocycles. The molecule has 1 saturated heterocycles. The van der Waals surface area contributed by atoms with Crippen LogP contribution in [0.15, 0.2) is 36.5 Å². The lowest BCUT2D eigenvalue weighted by Crippen LogP contribution is -2.38. The van der Waals surface area contributed by atoms with E-state index < -0.39 is 0 Å². The third kappa shape index (κ3) is 3.60. The minimum Gasteiger partial charge on any atom is -0.313 e. The van der Waals surface area contributed by atoms with Crippen molar-refractivity contribution >= 4 is 10.9 Å². The molecule has 1 atom stereocenters. The van der Waals surface area contributed by atoms with Crippen molar-refractivity contribution in [2.24, 2.45) is 0 Å². The Hall–Kier alpha value is -1.45. The minimum absolute atomic E-state index is 0.761. The second kappa shape index (κ2) is 7.01. The molecule has 3 rings (SSSR count). The Morgan fingerprint density at radius 3 is 3.05 bits per heavy atom. The summed E-state index contributed by atoms with van der Waals surface area (Å²) in [6, 6.07) is 11.3. The lowest BCUT2D eigenvalue weighted by atomic mass is 10.0. The zero-order valence-electron chi connectivity index (χ0n) is 12.9. The Labute approximate surface area is 127 Å². The Kier molecular flexibility index (Phi) is 4.84. The average Bonchev–Trinajstić information content (AvgIpc) is 2.53. The fourth-order valence-corrected chi connectivity index (χ4v) is 3.31. The number of fused-ring (bicyclic) bond motifs is 1. The predicted molar refractivity (Wildman–Crippen MR) is 88.3 cm³/mol. The zero-order valence-corrected chi connectivity index (χ0v) is 12.9. The summed E-state index contributed by atoms with van der Waals surface area (Å²) >= 11 is 0. The normalized spacial score (nSPS) is 20.0. The number of piperidine rings is 1. The van der Waals surface area contributed by atoms with Gasteiger partial charge in [-0.3, -0.25) is 4.98 Å². The lowest BCUT2D eigenvalue weighted by Gasteiger charge is -2.32. The van der Waals surface area contributed by atoms with Gasteiger partial charge in [-0.25, -0.2) is 0 Å². The van der Waals surface area contributed by atoms with Crippen LogP contribution < -0.4 is 5.32 Å². The molecule has 1 fully saturated rings. The van der Waals surface area contributed by atoms with E-state index in [0.717, 1.165) is 24.6 Å². The summed E-state index contributed by atoms with van der Waals surface area (Å²) in [6.07, 6.45) is 7.23. The van der Waals surface area contributed by atoms with Crippen molar-refractivity contribution in [1.29, 1.82) is 0 Å². The molecular formula is C18H25N3. The highest BCUT2D eigenvalue weighted by Crippen LogP contribution is 2.18. The van der Waals surface area contributed by atoms with Gasteiger partial charge in [-0.2, -0.15) is 0 Å². The summed E-state index contributed by atoms with van der Waals surface area (Å²) in [5.41, 5.74) is 2.42. The SMILES string of the molecule is CN1CCCCC1CCNCc1cccc2cccnc12. The van der Waals surface area contributed by atoms with E-state index in [-0.39, 0.29) is 0 Å². The topological polar surface area (TPSA) is 28.2 Å². The van der Waals surface area contributed by atoms with Crippen molar-refractivity contribution in [2.45, 2.75) is 38.3 Å². The molecular weight excluding hydrogens is 258 g/mol.